The van der Waals surface area contributed by atoms with Gasteiger partial charge < -0.3 is 9.64 Å². The molecule has 3 rings (SSSR count). The summed E-state index contributed by atoms with van der Waals surface area (Å²) in [7, 11) is 3.99. The molecule has 0 N–H and O–H groups in total. The van der Waals surface area contributed by atoms with Crippen molar-refractivity contribution in [3.8, 4) is 5.75 Å². The quantitative estimate of drug-likeness (QED) is 0.513. The van der Waals surface area contributed by atoms with E-state index < -0.39 is 0 Å². The number of hydrogen-bond donors (Lipinski definition) is 0. The lowest BCUT2D eigenvalue weighted by atomic mass is 10.2. The average molecular weight is 416 g/mol. The number of aromatic nitrogens is 1. The van der Waals surface area contributed by atoms with Crippen LogP contribution in [-0.4, -0.2) is 55.8 Å². The molecule has 28 heavy (non-hydrogen) atoms. The highest BCUT2D eigenvalue weighted by Crippen LogP contribution is 2.31. The fraction of sp³-hybridized carbons (Fsp3) is 0.333. The maximum atomic E-state index is 13.0. The monoisotopic (exact) mass is 415 g/mol. The van der Waals surface area contributed by atoms with Crippen molar-refractivity contribution in [3.63, 3.8) is 0 Å². The number of thioether (sulfide) groups is 1. The van der Waals surface area contributed by atoms with Crippen LogP contribution in [-0.2, 0) is 4.79 Å². The molecule has 0 aliphatic carbocycles. The van der Waals surface area contributed by atoms with Gasteiger partial charge in [0.1, 0.15) is 5.75 Å². The first-order valence-electron chi connectivity index (χ1n) is 9.05. The maximum absolute atomic E-state index is 13.0. The first-order valence-corrected chi connectivity index (χ1v) is 11.1. The molecule has 0 atom stereocenters. The van der Waals surface area contributed by atoms with E-state index in [9.17, 15) is 4.79 Å². The van der Waals surface area contributed by atoms with Gasteiger partial charge in [-0.1, -0.05) is 23.5 Å². The summed E-state index contributed by atoms with van der Waals surface area (Å²) < 4.78 is 6.82. The Morgan fingerprint density at radius 3 is 2.71 bits per heavy atom. The van der Waals surface area contributed by atoms with Crippen LogP contribution in [0, 0.1) is 6.92 Å². The molecule has 3 aromatic rings. The van der Waals surface area contributed by atoms with E-state index >= 15 is 0 Å². The van der Waals surface area contributed by atoms with Crippen molar-refractivity contribution in [1.82, 2.24) is 9.88 Å². The molecule has 0 aliphatic heterocycles. The van der Waals surface area contributed by atoms with Crippen molar-refractivity contribution in [2.45, 2.75) is 11.8 Å². The third-order valence-corrected chi connectivity index (χ3v) is 6.01. The van der Waals surface area contributed by atoms with E-state index in [1.807, 2.05) is 51.4 Å². The van der Waals surface area contributed by atoms with E-state index in [0.29, 0.717) is 17.4 Å². The molecule has 0 unspecified atom stereocenters. The van der Waals surface area contributed by atoms with Gasteiger partial charge in [-0.15, -0.1) is 11.8 Å². The van der Waals surface area contributed by atoms with Crippen LogP contribution in [0.2, 0.25) is 0 Å². The second kappa shape index (κ2) is 9.41. The van der Waals surface area contributed by atoms with Crippen molar-refractivity contribution in [3.05, 3.63) is 48.0 Å². The highest BCUT2D eigenvalue weighted by molar-refractivity contribution is 7.98. The fourth-order valence-electron chi connectivity index (χ4n) is 2.69. The zero-order valence-electron chi connectivity index (χ0n) is 16.6. The van der Waals surface area contributed by atoms with Gasteiger partial charge in [0.2, 0.25) is 0 Å². The molecule has 0 saturated carbocycles. The summed E-state index contributed by atoms with van der Waals surface area (Å²) in [6.07, 6.45) is 2.05. The summed E-state index contributed by atoms with van der Waals surface area (Å²) in [6, 6.07) is 13.9. The molecule has 0 saturated heterocycles. The Morgan fingerprint density at radius 2 is 2.00 bits per heavy atom. The molecular formula is C21H25N3O2S2. The van der Waals surface area contributed by atoms with Gasteiger partial charge in [-0.2, -0.15) is 0 Å². The predicted molar refractivity (Wildman–Crippen MR) is 119 cm³/mol. The van der Waals surface area contributed by atoms with Gasteiger partial charge in [0.15, 0.2) is 11.7 Å². The van der Waals surface area contributed by atoms with E-state index in [-0.39, 0.29) is 12.5 Å². The zero-order valence-corrected chi connectivity index (χ0v) is 18.3. The summed E-state index contributed by atoms with van der Waals surface area (Å²) in [6.45, 7) is 3.31. The van der Waals surface area contributed by atoms with Gasteiger partial charge in [-0.25, -0.2) is 4.98 Å². The molecule has 2 aromatic carbocycles. The van der Waals surface area contributed by atoms with Crippen LogP contribution in [0.5, 0.6) is 5.75 Å². The summed E-state index contributed by atoms with van der Waals surface area (Å²) in [4.78, 5) is 22.6. The number of nitrogens with zero attached hydrogens (tertiary/aromatic N) is 3. The fourth-order valence-corrected chi connectivity index (χ4v) is 4.25. The lowest BCUT2D eigenvalue weighted by molar-refractivity contribution is -0.120. The number of benzene rings is 2. The van der Waals surface area contributed by atoms with Gasteiger partial charge in [-0.05, 0) is 63.2 Å². The van der Waals surface area contributed by atoms with Gasteiger partial charge in [0.25, 0.3) is 5.91 Å². The second-order valence-corrected chi connectivity index (χ2v) is 8.67. The Hall–Kier alpha value is -2.09. The molecule has 0 fully saturated rings. The molecular weight excluding hydrogens is 390 g/mol. The van der Waals surface area contributed by atoms with Crippen LogP contribution in [0.15, 0.2) is 47.4 Å². The van der Waals surface area contributed by atoms with Crippen LogP contribution >= 0.6 is 23.1 Å². The van der Waals surface area contributed by atoms with E-state index in [0.717, 1.165) is 22.3 Å². The number of carbonyl (C=O) groups is 1. The number of amides is 1. The number of likely N-dealkylation sites (N-methyl/N-ethyl adjacent to an activating group) is 1. The molecule has 7 heteroatoms. The third kappa shape index (κ3) is 5.25. The van der Waals surface area contributed by atoms with Crippen LogP contribution in [0.3, 0.4) is 0 Å². The van der Waals surface area contributed by atoms with Crippen LogP contribution in [0.4, 0.5) is 5.13 Å². The minimum Gasteiger partial charge on any atom is -0.484 e. The average Bonchev–Trinajstić information content (AvgIpc) is 3.09. The molecule has 148 valence electrons. The Kier molecular flexibility index (Phi) is 6.93. The van der Waals surface area contributed by atoms with Gasteiger partial charge in [0.05, 0.1) is 10.2 Å². The summed E-state index contributed by atoms with van der Waals surface area (Å²) in [5.74, 6) is 0.613. The smallest absolute Gasteiger partial charge is 0.266 e. The normalized spacial score (nSPS) is 11.2. The lowest BCUT2D eigenvalue weighted by Crippen LogP contribution is -2.39. The first kappa shape index (κ1) is 20.6. The van der Waals surface area contributed by atoms with E-state index in [4.69, 9.17) is 9.72 Å². The van der Waals surface area contributed by atoms with E-state index in [2.05, 4.69) is 23.3 Å². The molecule has 0 bridgehead atoms. The van der Waals surface area contributed by atoms with Gasteiger partial charge in [-0.3, -0.25) is 9.69 Å². The minimum absolute atomic E-state index is 0.0110. The molecule has 0 radical (unpaired) electrons. The van der Waals surface area contributed by atoms with Crippen LogP contribution in [0.1, 0.15) is 5.56 Å². The van der Waals surface area contributed by atoms with Gasteiger partial charge in [0, 0.05) is 18.0 Å². The standard InChI is InChI=1S/C21H25N3O2S2/c1-15-6-5-7-16(12-15)26-14-20(25)24(11-10-23(2)3)21-22-18-9-8-17(27-4)13-19(18)28-21/h5-9,12-13H,10-11,14H2,1-4H3. The molecule has 1 aromatic heterocycles. The highest BCUT2D eigenvalue weighted by Gasteiger charge is 2.20. The molecule has 5 nitrogen and oxygen atoms in total. The van der Waals surface area contributed by atoms with Gasteiger partial charge >= 0.3 is 0 Å². The van der Waals surface area contributed by atoms with Crippen molar-refractivity contribution < 1.29 is 9.53 Å². The number of thiazole rings is 1. The second-order valence-electron chi connectivity index (χ2n) is 6.78. The number of ether oxygens (including phenoxy) is 1. The molecule has 0 spiro atoms. The molecule has 1 amide bonds. The molecule has 0 aliphatic rings. The number of fused-ring (bicyclic) bond motifs is 1. The van der Waals surface area contributed by atoms with E-state index in [1.165, 1.54) is 4.90 Å². The number of rotatable bonds is 8. The van der Waals surface area contributed by atoms with Crippen molar-refractivity contribution in [2.24, 2.45) is 0 Å². The van der Waals surface area contributed by atoms with Crippen LogP contribution < -0.4 is 9.64 Å². The minimum atomic E-state index is -0.0903. The SMILES string of the molecule is CSc1ccc2nc(N(CCN(C)C)C(=O)COc3cccc(C)c3)sc2c1. The predicted octanol–water partition coefficient (Wildman–Crippen LogP) is 4.30. The highest BCUT2D eigenvalue weighted by atomic mass is 32.2. The summed E-state index contributed by atoms with van der Waals surface area (Å²) >= 11 is 3.25. The number of carbonyl (C=O) groups excluding carboxylic acids is 1. The zero-order chi connectivity index (χ0) is 20.1. The van der Waals surface area contributed by atoms with Crippen molar-refractivity contribution in [2.75, 3.05) is 44.9 Å². The van der Waals surface area contributed by atoms with Crippen molar-refractivity contribution in [1.29, 1.82) is 0 Å². The van der Waals surface area contributed by atoms with E-state index in [1.54, 1.807) is 28.0 Å². The first-order chi connectivity index (χ1) is 13.5. The number of hydrogen-bond acceptors (Lipinski definition) is 6. The molecule has 1 heterocycles. The summed E-state index contributed by atoms with van der Waals surface area (Å²) in [5.41, 5.74) is 2.02. The summed E-state index contributed by atoms with van der Waals surface area (Å²) in [5, 5.41) is 0.716. The third-order valence-electron chi connectivity index (χ3n) is 4.24. The van der Waals surface area contributed by atoms with Crippen LogP contribution in [0.25, 0.3) is 10.2 Å². The topological polar surface area (TPSA) is 45.7 Å². The Labute approximate surface area is 174 Å². The lowest BCUT2D eigenvalue weighted by Gasteiger charge is -2.22. The largest absolute Gasteiger partial charge is 0.484 e. The Balaban J connectivity index is 1.80. The Morgan fingerprint density at radius 1 is 1.18 bits per heavy atom. The number of aryl methyl sites for hydroxylation is 1. The van der Waals surface area contributed by atoms with Crippen molar-refractivity contribution >= 4 is 44.4 Å². The number of anilines is 1. The maximum Gasteiger partial charge on any atom is 0.266 e. The Bertz CT molecular complexity index is 956.